The number of aliphatic hydroxyl groups excluding tert-OH is 3. The van der Waals surface area contributed by atoms with Crippen LogP contribution >= 0.6 is 0 Å². The summed E-state index contributed by atoms with van der Waals surface area (Å²) in [5.41, 5.74) is -1.03. The van der Waals surface area contributed by atoms with Crippen molar-refractivity contribution < 1.29 is 134 Å². The predicted molar refractivity (Wildman–Crippen MR) is 333 cm³/mol. The average Bonchev–Trinajstić information content (AvgIpc) is 1.70. The molecule has 3 aliphatic heterocycles. The van der Waals surface area contributed by atoms with Crippen LogP contribution in [0.25, 0.3) is 0 Å². The van der Waals surface area contributed by atoms with Crippen LogP contribution in [0.1, 0.15) is 82.1 Å². The van der Waals surface area contributed by atoms with Gasteiger partial charge in [0.05, 0.1) is 223 Å². The summed E-state index contributed by atoms with van der Waals surface area (Å²) >= 11 is 0. The highest BCUT2D eigenvalue weighted by molar-refractivity contribution is 5.77. The maximum absolute atomic E-state index is 12.2. The number of aliphatic hydroxyl groups is 3. The van der Waals surface area contributed by atoms with Gasteiger partial charge in [-0.1, -0.05) is 13.8 Å². The maximum atomic E-state index is 12.2. The van der Waals surface area contributed by atoms with Crippen molar-refractivity contribution >= 4 is 47.8 Å². The van der Waals surface area contributed by atoms with Crippen LogP contribution in [0.3, 0.4) is 0 Å². The molecule has 3 aliphatic rings. The van der Waals surface area contributed by atoms with Crippen molar-refractivity contribution in [1.82, 2.24) is 20.0 Å². The first-order chi connectivity index (χ1) is 45.1. The van der Waals surface area contributed by atoms with E-state index in [9.17, 15) is 53.7 Å². The van der Waals surface area contributed by atoms with Gasteiger partial charge >= 0.3 is 47.8 Å². The molecule has 0 bridgehead atoms. The fourth-order valence-electron chi connectivity index (χ4n) is 8.44. The second-order valence-electron chi connectivity index (χ2n) is 22.2. The standard InChI is InChI=1S/C39H71N3O18.C15H26O6.C8H15NO4/c1-8-39(27-52-24-30(43)15-40(18-33(46)55-9-2)19-34(47)56-10-3,28-53-25-31(44)16-41(20-35(48)57-11-4)21-36(49)58-12-5)29-54-26-32(45)17-42(22-37(50)59-13-6)23-38(51)60-14-7;1-2-15(9-16-3-12-6-19-12,10-17-4-13-7-20-13)11-18-5-14-8-21-14;1-3-12-7(10)5-9-6-8(11)13-4-2/h30-32,43-45H,8-29H2,1-7H3;12-14H,2-11H2,1H3;9H,3-6H2,1-2H3. The van der Waals surface area contributed by atoms with Gasteiger partial charge in [-0.25, -0.2) is 0 Å². The van der Waals surface area contributed by atoms with Gasteiger partial charge in [0.15, 0.2) is 0 Å². The molecule has 4 N–H and O–H groups in total. The second-order valence-corrected chi connectivity index (χ2v) is 22.2. The highest BCUT2D eigenvalue weighted by Gasteiger charge is 2.35. The molecule has 548 valence electrons. The summed E-state index contributed by atoms with van der Waals surface area (Å²) in [6, 6.07) is 0. The van der Waals surface area contributed by atoms with Gasteiger partial charge in [0.25, 0.3) is 0 Å². The zero-order chi connectivity index (χ0) is 70.0. The minimum absolute atomic E-state index is 0.0344. The number of nitrogens with zero attached hydrogens (tertiary/aromatic N) is 3. The highest BCUT2D eigenvalue weighted by Crippen LogP contribution is 2.27. The minimum atomic E-state index is -1.16. The Morgan fingerprint density at radius 3 is 0.755 bits per heavy atom. The first-order valence-electron chi connectivity index (χ1n) is 32.6. The molecule has 0 amide bonds. The molecular weight excluding hydrogens is 1250 g/mol. The van der Waals surface area contributed by atoms with Crippen LogP contribution in [0.2, 0.25) is 0 Å². The van der Waals surface area contributed by atoms with Crippen LogP contribution in [0.5, 0.6) is 0 Å². The number of carbonyl (C=O) groups excluding carboxylic acids is 8. The molecule has 0 aliphatic carbocycles. The van der Waals surface area contributed by atoms with E-state index >= 15 is 0 Å². The van der Waals surface area contributed by atoms with Gasteiger partial charge in [-0.15, -0.1) is 0 Å². The van der Waals surface area contributed by atoms with Crippen LogP contribution in [0.15, 0.2) is 0 Å². The summed E-state index contributed by atoms with van der Waals surface area (Å²) in [4.78, 5) is 98.8. The van der Waals surface area contributed by atoms with Crippen molar-refractivity contribution in [2.75, 3.05) is 224 Å². The number of nitrogens with one attached hydrogen (secondary N) is 1. The van der Waals surface area contributed by atoms with Gasteiger partial charge in [-0.05, 0) is 68.2 Å². The number of hydrogen-bond donors (Lipinski definition) is 4. The van der Waals surface area contributed by atoms with Crippen molar-refractivity contribution in [1.29, 1.82) is 0 Å². The molecule has 0 aromatic heterocycles. The lowest BCUT2D eigenvalue weighted by atomic mass is 9.88. The molecule has 6 unspecified atom stereocenters. The third kappa shape index (κ3) is 46.3. The molecule has 6 atom stereocenters. The van der Waals surface area contributed by atoms with Crippen molar-refractivity contribution in [3.8, 4) is 0 Å². The van der Waals surface area contributed by atoms with E-state index in [2.05, 4.69) is 21.7 Å². The fraction of sp³-hybridized carbons (Fsp3) is 0.871. The normalized spacial score (nSPS) is 17.5. The van der Waals surface area contributed by atoms with E-state index in [-0.39, 0.29) is 169 Å². The van der Waals surface area contributed by atoms with Crippen LogP contribution in [0, 0.1) is 10.8 Å². The summed E-state index contributed by atoms with van der Waals surface area (Å²) < 4.78 is 90.1. The minimum Gasteiger partial charge on any atom is -0.465 e. The first-order valence-corrected chi connectivity index (χ1v) is 32.6. The van der Waals surface area contributed by atoms with Crippen LogP contribution in [-0.4, -0.2) is 338 Å². The number of esters is 8. The van der Waals surface area contributed by atoms with Crippen LogP contribution in [0.4, 0.5) is 0 Å². The quantitative estimate of drug-likeness (QED) is 0.0327. The number of epoxide rings is 3. The van der Waals surface area contributed by atoms with E-state index in [0.29, 0.717) is 77.6 Å². The Morgan fingerprint density at radius 2 is 0.564 bits per heavy atom. The Balaban J connectivity index is 0.00000103. The van der Waals surface area contributed by atoms with E-state index in [1.165, 1.54) is 14.7 Å². The zero-order valence-electron chi connectivity index (χ0n) is 57.3. The molecule has 0 aromatic carbocycles. The van der Waals surface area contributed by atoms with E-state index in [1.807, 2.05) is 6.92 Å². The summed E-state index contributed by atoms with van der Waals surface area (Å²) in [7, 11) is 0. The van der Waals surface area contributed by atoms with Crippen LogP contribution < -0.4 is 5.32 Å². The number of ether oxygens (including phenoxy) is 17. The lowest BCUT2D eigenvalue weighted by Gasteiger charge is -2.34. The molecule has 32 heteroatoms. The first kappa shape index (κ1) is 87.1. The fourth-order valence-corrected chi connectivity index (χ4v) is 8.44. The Bertz CT molecular complexity index is 1810. The monoisotopic (exact) mass is 1360 g/mol. The summed E-state index contributed by atoms with van der Waals surface area (Å²) in [6.45, 7) is 22.3. The van der Waals surface area contributed by atoms with Crippen molar-refractivity contribution in [3.05, 3.63) is 0 Å². The van der Waals surface area contributed by atoms with Gasteiger partial charge < -0.3 is 95.8 Å². The molecule has 3 rings (SSSR count). The predicted octanol–water partition coefficient (Wildman–Crippen LogP) is -0.869. The average molecular weight is 1360 g/mol. The molecule has 0 radical (unpaired) electrons. The van der Waals surface area contributed by atoms with E-state index < -0.39 is 59.5 Å². The van der Waals surface area contributed by atoms with Crippen molar-refractivity contribution in [2.45, 2.75) is 119 Å². The Kier molecular flexibility index (Phi) is 49.3. The molecule has 32 nitrogen and oxygen atoms in total. The molecule has 0 spiro atoms. The molecule has 0 saturated carbocycles. The highest BCUT2D eigenvalue weighted by atomic mass is 16.6. The van der Waals surface area contributed by atoms with Crippen LogP contribution in [-0.2, 0) is 119 Å². The Morgan fingerprint density at radius 1 is 0.362 bits per heavy atom. The molecule has 94 heavy (non-hydrogen) atoms. The topological polar surface area (TPSA) is 386 Å². The van der Waals surface area contributed by atoms with Gasteiger partial charge in [-0.3, -0.25) is 58.4 Å². The van der Waals surface area contributed by atoms with E-state index in [1.54, 1.807) is 55.4 Å². The third-order valence-corrected chi connectivity index (χ3v) is 13.5. The molecule has 3 saturated heterocycles. The molecule has 0 aromatic rings. The zero-order valence-corrected chi connectivity index (χ0v) is 57.3. The molecular formula is C62H112N4O28. The van der Waals surface area contributed by atoms with Gasteiger partial charge in [0.2, 0.25) is 0 Å². The summed E-state index contributed by atoms with van der Waals surface area (Å²) in [5, 5.41) is 35.3. The summed E-state index contributed by atoms with van der Waals surface area (Å²) in [6.07, 6.45) is -1.28. The van der Waals surface area contributed by atoms with Gasteiger partial charge in [0, 0.05) is 30.5 Å². The molecule has 3 fully saturated rings. The molecule has 3 heterocycles. The second kappa shape index (κ2) is 53.2. The number of carbonyl (C=O) groups is 8. The Hall–Kier alpha value is -4.88. The van der Waals surface area contributed by atoms with E-state index in [4.69, 9.17) is 71.1 Å². The maximum Gasteiger partial charge on any atom is 0.320 e. The lowest BCUT2D eigenvalue weighted by molar-refractivity contribution is -0.150. The number of rotatable bonds is 56. The Labute approximate surface area is 553 Å². The smallest absolute Gasteiger partial charge is 0.320 e. The third-order valence-electron chi connectivity index (χ3n) is 13.5. The largest absolute Gasteiger partial charge is 0.465 e. The van der Waals surface area contributed by atoms with Crippen molar-refractivity contribution in [3.63, 3.8) is 0 Å². The number of hydrogen-bond acceptors (Lipinski definition) is 32. The summed E-state index contributed by atoms with van der Waals surface area (Å²) in [5.74, 6) is -4.27. The van der Waals surface area contributed by atoms with Crippen molar-refractivity contribution in [2.24, 2.45) is 10.8 Å². The van der Waals surface area contributed by atoms with E-state index in [0.717, 1.165) is 26.2 Å². The van der Waals surface area contributed by atoms with Gasteiger partial charge in [-0.2, -0.15) is 0 Å². The van der Waals surface area contributed by atoms with Gasteiger partial charge in [0.1, 0.15) is 18.3 Å². The lowest BCUT2D eigenvalue weighted by Crippen LogP contribution is -2.44. The SMILES string of the molecule is CCC(COCC1CO1)(COCC1CO1)COCC1CO1.CCOC(=O)CN(CC(=O)OCC)CC(O)COCC(CC)(COCC(O)CN(CC(=O)OCC)CC(=O)OCC)COCC(O)CN(CC(=O)OCC)CC(=O)OCC.CCOC(=O)CNCC(=O)OCC.